The van der Waals surface area contributed by atoms with Gasteiger partial charge in [-0.1, -0.05) is 65.6 Å². The Morgan fingerprint density at radius 2 is 2.03 bits per heavy atom. The first-order chi connectivity index (χ1) is 14.1. The summed E-state index contributed by atoms with van der Waals surface area (Å²) in [6, 6.07) is 11.8. The predicted octanol–water partition coefficient (Wildman–Crippen LogP) is 4.66. The van der Waals surface area contributed by atoms with Crippen molar-refractivity contribution in [2.75, 3.05) is 10.7 Å². The van der Waals surface area contributed by atoms with E-state index in [-0.39, 0.29) is 11.4 Å². The van der Waals surface area contributed by atoms with E-state index < -0.39 is 17.7 Å². The molecule has 29 heavy (non-hydrogen) atoms. The number of carbonyl (C=O) groups excluding carboxylic acids is 2. The molecule has 1 aliphatic heterocycles. The number of ketones is 1. The number of rotatable bonds is 7. The molecule has 3 heterocycles. The highest BCUT2D eigenvalue weighted by atomic mass is 32.2. The summed E-state index contributed by atoms with van der Waals surface area (Å²) in [5.74, 6) is -0.910. The molecule has 0 saturated carbocycles. The number of benzene rings is 1. The number of thiophene rings is 1. The second-order valence-corrected chi connectivity index (χ2v) is 9.18. The molecule has 1 amide bonds. The Morgan fingerprint density at radius 1 is 1.24 bits per heavy atom. The minimum atomic E-state index is -0.775. The Bertz CT molecular complexity index is 1090. The van der Waals surface area contributed by atoms with Crippen molar-refractivity contribution >= 4 is 51.3 Å². The van der Waals surface area contributed by atoms with Crippen molar-refractivity contribution < 1.29 is 14.7 Å². The number of aliphatic hydroxyl groups excluding tert-OH is 1. The Hall–Kier alpha value is -2.75. The zero-order valence-electron chi connectivity index (χ0n) is 15.0. The van der Waals surface area contributed by atoms with Crippen LogP contribution in [0.15, 0.2) is 76.2 Å². The molecular formula is C20H15N3O3S3. The maximum absolute atomic E-state index is 13.1. The second kappa shape index (κ2) is 8.32. The molecule has 146 valence electrons. The number of thioether (sulfide) groups is 1. The van der Waals surface area contributed by atoms with E-state index in [0.29, 0.717) is 25.7 Å². The van der Waals surface area contributed by atoms with Gasteiger partial charge in [0.1, 0.15) is 0 Å². The number of carbonyl (C=O) groups is 2. The fraction of sp³-hybridized carbons (Fsp3) is 0.100. The average molecular weight is 442 g/mol. The Labute approximate surface area is 179 Å². The zero-order valence-corrected chi connectivity index (χ0v) is 17.5. The van der Waals surface area contributed by atoms with E-state index in [4.69, 9.17) is 0 Å². The molecule has 0 radical (unpaired) electrons. The van der Waals surface area contributed by atoms with Gasteiger partial charge in [0.05, 0.1) is 16.5 Å². The van der Waals surface area contributed by atoms with Crippen molar-refractivity contribution in [2.45, 2.75) is 10.4 Å². The van der Waals surface area contributed by atoms with Crippen LogP contribution in [0, 0.1) is 0 Å². The van der Waals surface area contributed by atoms with Gasteiger partial charge >= 0.3 is 0 Å². The smallest absolute Gasteiger partial charge is 0.296 e. The van der Waals surface area contributed by atoms with Crippen molar-refractivity contribution in [1.82, 2.24) is 10.2 Å². The standard InChI is InChI=1S/C20H15N3O3S3/c1-2-10-28-20-22-21-19(29-20)23-15(12-7-4-3-5-8-12)14(17(25)18(23)26)16(24)13-9-6-11-27-13/h2-9,11,15,25H,1,10H2/t15-/m0/s1. The molecule has 4 rings (SSSR count). The summed E-state index contributed by atoms with van der Waals surface area (Å²) in [5.41, 5.74) is 0.763. The van der Waals surface area contributed by atoms with E-state index in [9.17, 15) is 14.7 Å². The molecule has 1 atom stereocenters. The van der Waals surface area contributed by atoms with E-state index in [0.717, 1.165) is 0 Å². The lowest BCUT2D eigenvalue weighted by atomic mass is 9.96. The molecule has 2 aromatic heterocycles. The highest BCUT2D eigenvalue weighted by molar-refractivity contribution is 8.01. The number of nitrogens with zero attached hydrogens (tertiary/aromatic N) is 3. The van der Waals surface area contributed by atoms with Crippen LogP contribution in [0.3, 0.4) is 0 Å². The number of Topliss-reactive ketones (excluding diaryl/α,β-unsaturated/α-hetero) is 1. The zero-order chi connectivity index (χ0) is 20.4. The minimum absolute atomic E-state index is 0.0548. The van der Waals surface area contributed by atoms with Crippen molar-refractivity contribution in [3.8, 4) is 0 Å². The number of hydrogen-bond acceptors (Lipinski definition) is 8. The minimum Gasteiger partial charge on any atom is -0.503 e. The fourth-order valence-corrected chi connectivity index (χ4v) is 5.32. The number of anilines is 1. The van der Waals surface area contributed by atoms with Crippen LogP contribution in [0.5, 0.6) is 0 Å². The van der Waals surface area contributed by atoms with Crippen LogP contribution in [0.1, 0.15) is 21.3 Å². The molecule has 3 aromatic rings. The lowest BCUT2D eigenvalue weighted by Crippen LogP contribution is -2.30. The third-order valence-corrected chi connectivity index (χ3v) is 7.16. The van der Waals surface area contributed by atoms with Gasteiger partial charge in [-0.15, -0.1) is 28.1 Å². The molecule has 9 heteroatoms. The molecule has 1 aliphatic rings. The number of amides is 1. The molecule has 1 N–H and O–H groups in total. The second-order valence-electron chi connectivity index (χ2n) is 6.01. The molecular weight excluding hydrogens is 426 g/mol. The van der Waals surface area contributed by atoms with E-state index in [1.807, 2.05) is 30.3 Å². The van der Waals surface area contributed by atoms with Crippen LogP contribution in [0.4, 0.5) is 5.13 Å². The monoisotopic (exact) mass is 441 g/mol. The number of aliphatic hydroxyl groups is 1. The lowest BCUT2D eigenvalue weighted by molar-refractivity contribution is -0.117. The van der Waals surface area contributed by atoms with Gasteiger partial charge < -0.3 is 5.11 Å². The Kier molecular flexibility index (Phi) is 5.61. The van der Waals surface area contributed by atoms with Crippen LogP contribution in [-0.2, 0) is 4.79 Å². The first kappa shape index (κ1) is 19.6. The van der Waals surface area contributed by atoms with Crippen molar-refractivity contribution in [2.24, 2.45) is 0 Å². The molecule has 0 bridgehead atoms. The normalized spacial score (nSPS) is 16.5. The van der Waals surface area contributed by atoms with Gasteiger partial charge in [0.15, 0.2) is 10.1 Å². The van der Waals surface area contributed by atoms with Gasteiger partial charge in [0.25, 0.3) is 5.91 Å². The Balaban J connectivity index is 1.79. The first-order valence-electron chi connectivity index (χ1n) is 8.59. The lowest BCUT2D eigenvalue weighted by Gasteiger charge is -2.23. The molecule has 0 fully saturated rings. The van der Waals surface area contributed by atoms with E-state index in [1.54, 1.807) is 23.6 Å². The van der Waals surface area contributed by atoms with Gasteiger partial charge in [-0.2, -0.15) is 0 Å². The quantitative estimate of drug-likeness (QED) is 0.248. The van der Waals surface area contributed by atoms with Gasteiger partial charge in [-0.25, -0.2) is 0 Å². The van der Waals surface area contributed by atoms with Crippen molar-refractivity contribution in [3.63, 3.8) is 0 Å². The van der Waals surface area contributed by atoms with Gasteiger partial charge in [0.2, 0.25) is 10.9 Å². The van der Waals surface area contributed by atoms with Crippen LogP contribution in [0.2, 0.25) is 0 Å². The third kappa shape index (κ3) is 3.64. The fourth-order valence-electron chi connectivity index (χ4n) is 3.01. The molecule has 0 aliphatic carbocycles. The summed E-state index contributed by atoms with van der Waals surface area (Å²) >= 11 is 3.95. The summed E-state index contributed by atoms with van der Waals surface area (Å²) < 4.78 is 0.678. The Morgan fingerprint density at radius 3 is 2.72 bits per heavy atom. The van der Waals surface area contributed by atoms with Crippen LogP contribution in [-0.4, -0.2) is 32.7 Å². The predicted molar refractivity (Wildman–Crippen MR) is 116 cm³/mol. The van der Waals surface area contributed by atoms with E-state index in [2.05, 4.69) is 16.8 Å². The first-order valence-corrected chi connectivity index (χ1v) is 11.3. The third-order valence-electron chi connectivity index (χ3n) is 4.24. The van der Waals surface area contributed by atoms with Crippen molar-refractivity contribution in [1.29, 1.82) is 0 Å². The van der Waals surface area contributed by atoms with Gasteiger partial charge in [-0.05, 0) is 17.0 Å². The molecule has 0 saturated heterocycles. The maximum Gasteiger partial charge on any atom is 0.296 e. The highest BCUT2D eigenvalue weighted by Gasteiger charge is 2.46. The van der Waals surface area contributed by atoms with Gasteiger partial charge in [0, 0.05) is 5.75 Å². The number of aromatic nitrogens is 2. The largest absolute Gasteiger partial charge is 0.503 e. The molecule has 0 spiro atoms. The molecule has 0 unspecified atom stereocenters. The summed E-state index contributed by atoms with van der Waals surface area (Å²) in [6.45, 7) is 3.68. The van der Waals surface area contributed by atoms with Crippen LogP contribution in [0.25, 0.3) is 0 Å². The van der Waals surface area contributed by atoms with Crippen LogP contribution >= 0.6 is 34.4 Å². The van der Waals surface area contributed by atoms with Crippen LogP contribution < -0.4 is 4.90 Å². The molecule has 1 aromatic carbocycles. The topological polar surface area (TPSA) is 83.4 Å². The van der Waals surface area contributed by atoms with Crippen molar-refractivity contribution in [3.05, 3.63) is 82.3 Å². The highest BCUT2D eigenvalue weighted by Crippen LogP contribution is 2.43. The summed E-state index contributed by atoms with van der Waals surface area (Å²) in [7, 11) is 0. The van der Waals surface area contributed by atoms with E-state index in [1.165, 1.54) is 39.3 Å². The maximum atomic E-state index is 13.1. The SMILES string of the molecule is C=CCSc1nnc(N2C(=O)C(O)=C(C(=O)c3cccs3)[C@@H]2c2ccccc2)s1. The molecule has 6 nitrogen and oxygen atoms in total. The summed E-state index contributed by atoms with van der Waals surface area (Å²) in [4.78, 5) is 27.9. The van der Waals surface area contributed by atoms with Gasteiger partial charge in [-0.3, -0.25) is 14.5 Å². The number of hydrogen-bond donors (Lipinski definition) is 1. The summed E-state index contributed by atoms with van der Waals surface area (Å²) in [6.07, 6.45) is 1.75. The average Bonchev–Trinajstić information content (AvgIpc) is 3.48. The summed E-state index contributed by atoms with van der Waals surface area (Å²) in [5, 5.41) is 21.0. The van der Waals surface area contributed by atoms with E-state index >= 15 is 0 Å².